The number of nitrogens with one attached hydrogen (secondary N) is 2. The third-order valence-electron chi connectivity index (χ3n) is 3.76. The van der Waals surface area contributed by atoms with E-state index in [4.69, 9.17) is 9.15 Å². The average molecular weight is 340 g/mol. The maximum absolute atomic E-state index is 12.2. The lowest BCUT2D eigenvalue weighted by Crippen LogP contribution is -2.21. The van der Waals surface area contributed by atoms with E-state index in [-0.39, 0.29) is 17.9 Å². The van der Waals surface area contributed by atoms with Gasteiger partial charge >= 0.3 is 5.76 Å². The zero-order valence-electron chi connectivity index (χ0n) is 14.4. The summed E-state index contributed by atoms with van der Waals surface area (Å²) in [6, 6.07) is 12.6. The highest BCUT2D eigenvalue weighted by Gasteiger charge is 2.19. The molecule has 1 heterocycles. The molecule has 0 spiro atoms. The van der Waals surface area contributed by atoms with Crippen molar-refractivity contribution >= 4 is 22.7 Å². The van der Waals surface area contributed by atoms with Crippen LogP contribution < -0.4 is 15.8 Å². The van der Waals surface area contributed by atoms with Gasteiger partial charge in [0.1, 0.15) is 5.75 Å². The normalized spacial score (nSPS) is 11.5. The molecule has 0 aliphatic heterocycles. The summed E-state index contributed by atoms with van der Waals surface area (Å²) in [7, 11) is 0. The van der Waals surface area contributed by atoms with E-state index in [0.29, 0.717) is 22.5 Å². The first kappa shape index (κ1) is 16.8. The molecule has 0 fully saturated rings. The smallest absolute Gasteiger partial charge is 0.417 e. The van der Waals surface area contributed by atoms with Crippen LogP contribution in [0.2, 0.25) is 0 Å². The maximum atomic E-state index is 12.2. The van der Waals surface area contributed by atoms with Crippen molar-refractivity contribution in [2.45, 2.75) is 26.2 Å². The number of hydrogen-bond donors (Lipinski definition) is 2. The summed E-state index contributed by atoms with van der Waals surface area (Å²) in [5, 5.41) is 2.73. The molecule has 130 valence electrons. The number of para-hydroxylation sites is 1. The van der Waals surface area contributed by atoms with Crippen molar-refractivity contribution in [3.05, 3.63) is 58.6 Å². The molecule has 0 radical (unpaired) electrons. The lowest BCUT2D eigenvalue weighted by atomic mass is 9.86. The maximum Gasteiger partial charge on any atom is 0.417 e. The van der Waals surface area contributed by atoms with Gasteiger partial charge in [-0.15, -0.1) is 0 Å². The van der Waals surface area contributed by atoms with Gasteiger partial charge in [0, 0.05) is 11.8 Å². The van der Waals surface area contributed by atoms with Gasteiger partial charge in [-0.1, -0.05) is 39.0 Å². The molecule has 1 amide bonds. The summed E-state index contributed by atoms with van der Waals surface area (Å²) in [6.45, 7) is 6.17. The highest BCUT2D eigenvalue weighted by molar-refractivity contribution is 5.93. The third-order valence-corrected chi connectivity index (χ3v) is 3.76. The number of oxazole rings is 1. The number of ether oxygens (including phenoxy) is 1. The predicted octanol–water partition coefficient (Wildman–Crippen LogP) is 3.44. The molecule has 1 aromatic heterocycles. The minimum absolute atomic E-state index is 0.0794. The average Bonchev–Trinajstić information content (AvgIpc) is 2.91. The van der Waals surface area contributed by atoms with Crippen molar-refractivity contribution in [2.75, 3.05) is 11.9 Å². The minimum atomic E-state index is -0.527. The third kappa shape index (κ3) is 3.91. The number of amides is 1. The van der Waals surface area contributed by atoms with Crippen molar-refractivity contribution in [1.29, 1.82) is 0 Å². The van der Waals surface area contributed by atoms with Crippen molar-refractivity contribution in [1.82, 2.24) is 4.98 Å². The minimum Gasteiger partial charge on any atom is -0.483 e. The summed E-state index contributed by atoms with van der Waals surface area (Å²) < 4.78 is 10.7. The lowest BCUT2D eigenvalue weighted by Gasteiger charge is -2.22. The van der Waals surface area contributed by atoms with Gasteiger partial charge in [0.25, 0.3) is 5.91 Å². The van der Waals surface area contributed by atoms with Crippen LogP contribution in [0.5, 0.6) is 5.75 Å². The molecule has 0 aliphatic carbocycles. The van der Waals surface area contributed by atoms with Gasteiger partial charge in [0.15, 0.2) is 12.2 Å². The van der Waals surface area contributed by atoms with Crippen LogP contribution >= 0.6 is 0 Å². The molecule has 2 N–H and O–H groups in total. The molecule has 25 heavy (non-hydrogen) atoms. The second-order valence-electron chi connectivity index (χ2n) is 6.81. The first-order valence-corrected chi connectivity index (χ1v) is 7.98. The Labute approximate surface area is 144 Å². The van der Waals surface area contributed by atoms with Gasteiger partial charge in [-0.3, -0.25) is 9.78 Å². The van der Waals surface area contributed by atoms with E-state index in [1.54, 1.807) is 18.2 Å². The molecule has 3 rings (SSSR count). The highest BCUT2D eigenvalue weighted by Crippen LogP contribution is 2.30. The number of carbonyl (C=O) groups is 1. The molecule has 6 nitrogen and oxygen atoms in total. The van der Waals surface area contributed by atoms with Crippen LogP contribution in [-0.4, -0.2) is 17.5 Å². The summed E-state index contributed by atoms with van der Waals surface area (Å²) in [5.74, 6) is -0.126. The van der Waals surface area contributed by atoms with Crippen LogP contribution in [0.3, 0.4) is 0 Å². The highest BCUT2D eigenvalue weighted by atomic mass is 16.5. The first-order chi connectivity index (χ1) is 11.8. The SMILES string of the molecule is CC(C)(C)c1ccccc1OCC(=O)Nc1ccc2[nH]c(=O)oc2c1. The lowest BCUT2D eigenvalue weighted by molar-refractivity contribution is -0.118. The Bertz CT molecular complexity index is 963. The molecule has 0 saturated carbocycles. The summed E-state index contributed by atoms with van der Waals surface area (Å²) >= 11 is 0. The van der Waals surface area contributed by atoms with Gasteiger partial charge in [0.05, 0.1) is 5.52 Å². The van der Waals surface area contributed by atoms with Crippen molar-refractivity contribution < 1.29 is 13.9 Å². The summed E-state index contributed by atoms with van der Waals surface area (Å²) in [6.07, 6.45) is 0. The summed E-state index contributed by atoms with van der Waals surface area (Å²) in [4.78, 5) is 25.9. The van der Waals surface area contributed by atoms with E-state index in [1.807, 2.05) is 24.3 Å². The van der Waals surface area contributed by atoms with E-state index in [9.17, 15) is 9.59 Å². The number of hydrogen-bond acceptors (Lipinski definition) is 4. The number of aromatic nitrogens is 1. The fraction of sp³-hybridized carbons (Fsp3) is 0.263. The Morgan fingerprint density at radius 3 is 2.72 bits per heavy atom. The Hall–Kier alpha value is -3.02. The number of fused-ring (bicyclic) bond motifs is 1. The van der Waals surface area contributed by atoms with E-state index in [2.05, 4.69) is 31.1 Å². The topological polar surface area (TPSA) is 84.3 Å². The van der Waals surface area contributed by atoms with Gasteiger partial charge in [-0.05, 0) is 29.2 Å². The second-order valence-corrected chi connectivity index (χ2v) is 6.81. The number of aromatic amines is 1. The van der Waals surface area contributed by atoms with Crippen LogP contribution in [0.1, 0.15) is 26.3 Å². The van der Waals surface area contributed by atoms with Crippen molar-refractivity contribution in [3.8, 4) is 5.75 Å². The van der Waals surface area contributed by atoms with E-state index < -0.39 is 5.76 Å². The molecule has 0 atom stereocenters. The molecular formula is C19H20N2O4. The number of benzene rings is 2. The zero-order valence-corrected chi connectivity index (χ0v) is 14.4. The molecule has 6 heteroatoms. The number of anilines is 1. The fourth-order valence-electron chi connectivity index (χ4n) is 2.58. The largest absolute Gasteiger partial charge is 0.483 e. The first-order valence-electron chi connectivity index (χ1n) is 7.98. The van der Waals surface area contributed by atoms with Crippen LogP contribution in [0.15, 0.2) is 51.7 Å². The number of rotatable bonds is 4. The van der Waals surface area contributed by atoms with Crippen LogP contribution in [0.4, 0.5) is 5.69 Å². The molecule has 0 unspecified atom stereocenters. The quantitative estimate of drug-likeness (QED) is 0.762. The van der Waals surface area contributed by atoms with Gasteiger partial charge in [0.2, 0.25) is 0 Å². The van der Waals surface area contributed by atoms with E-state index in [1.165, 1.54) is 0 Å². The van der Waals surface area contributed by atoms with Crippen LogP contribution in [0.25, 0.3) is 11.1 Å². The zero-order chi connectivity index (χ0) is 18.0. The monoisotopic (exact) mass is 340 g/mol. The molecule has 3 aromatic rings. The summed E-state index contributed by atoms with van der Waals surface area (Å²) in [5.41, 5.74) is 2.47. The Morgan fingerprint density at radius 2 is 1.96 bits per heavy atom. The molecule has 0 bridgehead atoms. The molecule has 2 aromatic carbocycles. The predicted molar refractivity (Wildman–Crippen MR) is 96.1 cm³/mol. The van der Waals surface area contributed by atoms with Gasteiger partial charge in [-0.25, -0.2) is 4.79 Å². The Kier molecular flexibility index (Phi) is 4.35. The molecule has 0 saturated heterocycles. The van der Waals surface area contributed by atoms with Crippen molar-refractivity contribution in [3.63, 3.8) is 0 Å². The van der Waals surface area contributed by atoms with Gasteiger partial charge < -0.3 is 14.5 Å². The standard InChI is InChI=1S/C19H20N2O4/c1-19(2,3)13-6-4-5-7-15(13)24-11-17(22)20-12-8-9-14-16(10-12)25-18(23)21-14/h4-10H,11H2,1-3H3,(H,20,22)(H,21,23). The Balaban J connectivity index is 1.68. The number of carbonyl (C=O) groups excluding carboxylic acids is 1. The molecule has 0 aliphatic rings. The van der Waals surface area contributed by atoms with Crippen LogP contribution in [-0.2, 0) is 10.2 Å². The number of H-pyrrole nitrogens is 1. The Morgan fingerprint density at radius 1 is 1.20 bits per heavy atom. The van der Waals surface area contributed by atoms with Gasteiger partial charge in [-0.2, -0.15) is 0 Å². The second kappa shape index (κ2) is 6.47. The van der Waals surface area contributed by atoms with Crippen molar-refractivity contribution in [2.24, 2.45) is 0 Å². The molecular weight excluding hydrogens is 320 g/mol. The van der Waals surface area contributed by atoms with E-state index >= 15 is 0 Å². The fourth-order valence-corrected chi connectivity index (χ4v) is 2.58. The van der Waals surface area contributed by atoms with E-state index in [0.717, 1.165) is 5.56 Å². The van der Waals surface area contributed by atoms with Crippen LogP contribution in [0, 0.1) is 0 Å².